The molecule has 1 aromatic carbocycles. The van der Waals surface area contributed by atoms with Crippen LogP contribution < -0.4 is 10.1 Å². The number of aromatic nitrogens is 1. The van der Waals surface area contributed by atoms with E-state index in [4.69, 9.17) is 4.74 Å². The number of hydrogen-bond acceptors (Lipinski definition) is 4. The fraction of sp³-hybridized carbons (Fsp3) is 0.158. The van der Waals surface area contributed by atoms with E-state index in [1.165, 1.54) is 0 Å². The Hall–Kier alpha value is -2.66. The Balaban J connectivity index is 1.67. The van der Waals surface area contributed by atoms with Crippen LogP contribution in [0, 0.1) is 0 Å². The summed E-state index contributed by atoms with van der Waals surface area (Å²) in [4.78, 5) is 16.7. The molecule has 2 aromatic heterocycles. The molecule has 5 heteroatoms. The molecular weight excluding hydrogens is 320 g/mol. The molecule has 1 amide bonds. The van der Waals surface area contributed by atoms with Crippen LogP contribution >= 0.6 is 11.3 Å². The zero-order valence-electron chi connectivity index (χ0n) is 13.5. The van der Waals surface area contributed by atoms with Gasteiger partial charge in [0, 0.05) is 17.1 Å². The number of carbonyl (C=O) groups excluding carboxylic acids is 1. The average Bonchev–Trinajstić information content (AvgIpc) is 3.16. The SMILES string of the molecule is COc1ccc([C@@H](C)NC(=O)c2ccc(-c3ccsc3)nc2)cc1. The smallest absolute Gasteiger partial charge is 0.253 e. The molecule has 0 bridgehead atoms. The zero-order chi connectivity index (χ0) is 16.9. The average molecular weight is 338 g/mol. The summed E-state index contributed by atoms with van der Waals surface area (Å²) in [7, 11) is 1.63. The van der Waals surface area contributed by atoms with Gasteiger partial charge in [-0.2, -0.15) is 11.3 Å². The molecule has 0 spiro atoms. The van der Waals surface area contributed by atoms with Gasteiger partial charge in [-0.3, -0.25) is 9.78 Å². The predicted molar refractivity (Wildman–Crippen MR) is 96.4 cm³/mol. The number of nitrogens with one attached hydrogen (secondary N) is 1. The van der Waals surface area contributed by atoms with E-state index >= 15 is 0 Å². The molecule has 0 aliphatic carbocycles. The molecule has 122 valence electrons. The van der Waals surface area contributed by atoms with E-state index in [-0.39, 0.29) is 11.9 Å². The standard InChI is InChI=1S/C19H18N2O2S/c1-13(14-3-6-17(23-2)7-4-14)21-19(22)15-5-8-18(20-11-15)16-9-10-24-12-16/h3-13H,1-2H3,(H,21,22)/t13-/m1/s1. The lowest BCUT2D eigenvalue weighted by Crippen LogP contribution is -2.26. The molecule has 0 unspecified atom stereocenters. The lowest BCUT2D eigenvalue weighted by molar-refractivity contribution is 0.0939. The molecule has 3 rings (SSSR count). The number of methoxy groups -OCH3 is 1. The Labute approximate surface area is 145 Å². The highest BCUT2D eigenvalue weighted by Gasteiger charge is 2.12. The molecule has 0 fully saturated rings. The van der Waals surface area contributed by atoms with Crippen LogP contribution in [-0.4, -0.2) is 18.0 Å². The van der Waals surface area contributed by atoms with E-state index in [0.29, 0.717) is 5.56 Å². The van der Waals surface area contributed by atoms with Crippen molar-refractivity contribution >= 4 is 17.2 Å². The highest BCUT2D eigenvalue weighted by atomic mass is 32.1. The monoisotopic (exact) mass is 338 g/mol. The van der Waals surface area contributed by atoms with Crippen molar-refractivity contribution < 1.29 is 9.53 Å². The molecule has 0 radical (unpaired) electrons. The number of benzene rings is 1. The van der Waals surface area contributed by atoms with E-state index in [0.717, 1.165) is 22.6 Å². The maximum atomic E-state index is 12.4. The van der Waals surface area contributed by atoms with Crippen molar-refractivity contribution in [2.45, 2.75) is 13.0 Å². The van der Waals surface area contributed by atoms with Gasteiger partial charge in [-0.1, -0.05) is 12.1 Å². The Bertz CT molecular complexity index is 796. The number of hydrogen-bond donors (Lipinski definition) is 1. The van der Waals surface area contributed by atoms with Crippen molar-refractivity contribution in [3.8, 4) is 17.0 Å². The molecule has 2 heterocycles. The molecule has 0 saturated heterocycles. The molecule has 0 saturated carbocycles. The lowest BCUT2D eigenvalue weighted by Gasteiger charge is -2.15. The summed E-state index contributed by atoms with van der Waals surface area (Å²) in [6.45, 7) is 1.95. The first-order valence-corrected chi connectivity index (χ1v) is 8.55. The van der Waals surface area contributed by atoms with Gasteiger partial charge in [-0.25, -0.2) is 0 Å². The third-order valence-corrected chi connectivity index (χ3v) is 4.49. The Morgan fingerprint density at radius 3 is 2.54 bits per heavy atom. The highest BCUT2D eigenvalue weighted by Crippen LogP contribution is 2.21. The Morgan fingerprint density at radius 1 is 1.17 bits per heavy atom. The Kier molecular flexibility index (Phi) is 4.91. The van der Waals surface area contributed by atoms with Crippen LogP contribution in [0.2, 0.25) is 0 Å². The molecule has 1 N–H and O–H groups in total. The van der Waals surface area contributed by atoms with Crippen LogP contribution in [-0.2, 0) is 0 Å². The first kappa shape index (κ1) is 16.2. The molecule has 3 aromatic rings. The molecule has 4 nitrogen and oxygen atoms in total. The maximum absolute atomic E-state index is 12.4. The summed E-state index contributed by atoms with van der Waals surface area (Å²) in [6.07, 6.45) is 1.61. The van der Waals surface area contributed by atoms with Gasteiger partial charge >= 0.3 is 0 Å². The van der Waals surface area contributed by atoms with Gasteiger partial charge in [0.1, 0.15) is 5.75 Å². The summed E-state index contributed by atoms with van der Waals surface area (Å²) in [5.74, 6) is 0.660. The van der Waals surface area contributed by atoms with Crippen molar-refractivity contribution in [1.82, 2.24) is 10.3 Å². The van der Waals surface area contributed by atoms with Gasteiger partial charge in [-0.15, -0.1) is 0 Å². The quantitative estimate of drug-likeness (QED) is 0.754. The molecular formula is C19H18N2O2S. The summed E-state index contributed by atoms with van der Waals surface area (Å²) < 4.78 is 5.15. The van der Waals surface area contributed by atoms with Gasteiger partial charge < -0.3 is 10.1 Å². The van der Waals surface area contributed by atoms with Gasteiger partial charge in [0.15, 0.2) is 0 Å². The first-order chi connectivity index (χ1) is 11.7. The summed E-state index contributed by atoms with van der Waals surface area (Å²) in [5.41, 5.74) is 3.51. The number of nitrogens with zero attached hydrogens (tertiary/aromatic N) is 1. The fourth-order valence-corrected chi connectivity index (χ4v) is 3.01. The second-order valence-corrected chi connectivity index (χ2v) is 6.19. The van der Waals surface area contributed by atoms with Gasteiger partial charge in [0.25, 0.3) is 5.91 Å². The number of amides is 1. The third-order valence-electron chi connectivity index (χ3n) is 3.81. The van der Waals surface area contributed by atoms with Gasteiger partial charge in [0.05, 0.1) is 24.4 Å². The number of ether oxygens (including phenoxy) is 1. The summed E-state index contributed by atoms with van der Waals surface area (Å²) in [6, 6.07) is 13.2. The van der Waals surface area contributed by atoms with Crippen LogP contribution in [0.4, 0.5) is 0 Å². The van der Waals surface area contributed by atoms with E-state index in [9.17, 15) is 4.79 Å². The fourth-order valence-electron chi connectivity index (χ4n) is 2.37. The number of pyridine rings is 1. The van der Waals surface area contributed by atoms with Crippen LogP contribution in [0.5, 0.6) is 5.75 Å². The minimum Gasteiger partial charge on any atom is -0.497 e. The summed E-state index contributed by atoms with van der Waals surface area (Å²) >= 11 is 1.63. The topological polar surface area (TPSA) is 51.2 Å². The van der Waals surface area contributed by atoms with Crippen molar-refractivity contribution in [3.63, 3.8) is 0 Å². The number of thiophene rings is 1. The molecule has 1 atom stereocenters. The van der Waals surface area contributed by atoms with Gasteiger partial charge in [-0.05, 0) is 48.2 Å². The Morgan fingerprint density at radius 2 is 1.96 bits per heavy atom. The lowest BCUT2D eigenvalue weighted by atomic mass is 10.1. The largest absolute Gasteiger partial charge is 0.497 e. The molecule has 24 heavy (non-hydrogen) atoms. The second kappa shape index (κ2) is 7.27. The van der Waals surface area contributed by atoms with Crippen molar-refractivity contribution in [2.24, 2.45) is 0 Å². The van der Waals surface area contributed by atoms with E-state index in [1.807, 2.05) is 54.1 Å². The predicted octanol–water partition coefficient (Wildman–Crippen LogP) is 4.31. The minimum atomic E-state index is -0.136. The number of rotatable bonds is 5. The van der Waals surface area contributed by atoms with Crippen molar-refractivity contribution in [2.75, 3.05) is 7.11 Å². The number of carbonyl (C=O) groups is 1. The second-order valence-electron chi connectivity index (χ2n) is 5.41. The normalized spacial score (nSPS) is 11.8. The van der Waals surface area contributed by atoms with E-state index < -0.39 is 0 Å². The third kappa shape index (κ3) is 3.63. The van der Waals surface area contributed by atoms with Crippen LogP contribution in [0.3, 0.4) is 0 Å². The van der Waals surface area contributed by atoms with Crippen LogP contribution in [0.1, 0.15) is 28.9 Å². The van der Waals surface area contributed by atoms with E-state index in [2.05, 4.69) is 10.3 Å². The van der Waals surface area contributed by atoms with E-state index in [1.54, 1.807) is 30.7 Å². The summed E-state index contributed by atoms with van der Waals surface area (Å²) in [5, 5.41) is 7.03. The van der Waals surface area contributed by atoms with Crippen LogP contribution in [0.15, 0.2) is 59.4 Å². The minimum absolute atomic E-state index is 0.0973. The van der Waals surface area contributed by atoms with Crippen molar-refractivity contribution in [1.29, 1.82) is 0 Å². The molecule has 0 aliphatic heterocycles. The first-order valence-electron chi connectivity index (χ1n) is 7.61. The zero-order valence-corrected chi connectivity index (χ0v) is 14.3. The maximum Gasteiger partial charge on any atom is 0.253 e. The van der Waals surface area contributed by atoms with Crippen LogP contribution in [0.25, 0.3) is 11.3 Å². The highest BCUT2D eigenvalue weighted by molar-refractivity contribution is 7.08. The van der Waals surface area contributed by atoms with Crippen molar-refractivity contribution in [3.05, 3.63) is 70.5 Å². The molecule has 0 aliphatic rings. The van der Waals surface area contributed by atoms with Gasteiger partial charge in [0.2, 0.25) is 0 Å².